The highest BCUT2D eigenvalue weighted by molar-refractivity contribution is 6.04. The van der Waals surface area contributed by atoms with Gasteiger partial charge in [0.25, 0.3) is 5.91 Å². The molecule has 2 aliphatic rings. The summed E-state index contributed by atoms with van der Waals surface area (Å²) >= 11 is 0. The van der Waals surface area contributed by atoms with Crippen LogP contribution in [0.3, 0.4) is 0 Å². The highest BCUT2D eigenvalue weighted by Crippen LogP contribution is 2.38. The lowest BCUT2D eigenvalue weighted by Gasteiger charge is -2.18. The second-order valence-corrected chi connectivity index (χ2v) is 6.69. The standard InChI is InChI=1S/C18H17N5O3/c19-7-10-4-12(10)17(25)22-16-5-9-3-11(6-14(20)13(9)8-21-16)23-2-1-15(24)18(23)26/h3,5-6,8,10,12,15,24H,1-2,4,20H2,(H,21,22,25)/t10?,12?,15-/m0/s1. The van der Waals surface area contributed by atoms with E-state index in [2.05, 4.69) is 16.4 Å². The Morgan fingerprint density at radius 2 is 2.23 bits per heavy atom. The fourth-order valence-corrected chi connectivity index (χ4v) is 3.26. The van der Waals surface area contributed by atoms with Gasteiger partial charge >= 0.3 is 0 Å². The van der Waals surface area contributed by atoms with E-state index in [4.69, 9.17) is 11.0 Å². The van der Waals surface area contributed by atoms with Crippen molar-refractivity contribution in [3.8, 4) is 6.07 Å². The average molecular weight is 351 g/mol. The molecule has 3 atom stereocenters. The number of pyridine rings is 1. The fraction of sp³-hybridized carbons (Fsp3) is 0.333. The molecule has 1 saturated carbocycles. The van der Waals surface area contributed by atoms with E-state index in [0.717, 1.165) is 5.39 Å². The van der Waals surface area contributed by atoms with Crippen molar-refractivity contribution < 1.29 is 14.7 Å². The van der Waals surface area contributed by atoms with Gasteiger partial charge in [-0.2, -0.15) is 5.26 Å². The van der Waals surface area contributed by atoms with Crippen LogP contribution >= 0.6 is 0 Å². The Labute approximate surface area is 149 Å². The average Bonchev–Trinajstić information content (AvgIpc) is 3.34. The molecule has 0 radical (unpaired) electrons. The van der Waals surface area contributed by atoms with Crippen LogP contribution in [0.2, 0.25) is 0 Å². The van der Waals surface area contributed by atoms with Crippen molar-refractivity contribution in [1.29, 1.82) is 5.26 Å². The van der Waals surface area contributed by atoms with Crippen LogP contribution in [0.5, 0.6) is 0 Å². The molecule has 2 unspecified atom stereocenters. The summed E-state index contributed by atoms with van der Waals surface area (Å²) in [5.41, 5.74) is 7.15. The second kappa shape index (κ2) is 5.97. The number of amides is 2. The summed E-state index contributed by atoms with van der Waals surface area (Å²) in [5, 5.41) is 22.6. The number of nitriles is 1. The predicted octanol–water partition coefficient (Wildman–Crippen LogP) is 1.01. The lowest BCUT2D eigenvalue weighted by atomic mass is 10.1. The Balaban J connectivity index is 1.63. The molecule has 2 amide bonds. The van der Waals surface area contributed by atoms with Gasteiger partial charge in [-0.1, -0.05) is 0 Å². The number of fused-ring (bicyclic) bond motifs is 1. The molecular weight excluding hydrogens is 334 g/mol. The van der Waals surface area contributed by atoms with E-state index in [9.17, 15) is 14.7 Å². The summed E-state index contributed by atoms with van der Waals surface area (Å²) in [6, 6.07) is 7.24. The van der Waals surface area contributed by atoms with Crippen LogP contribution in [0.4, 0.5) is 17.2 Å². The number of carbonyl (C=O) groups excluding carboxylic acids is 2. The van der Waals surface area contributed by atoms with Gasteiger partial charge in [-0.05, 0) is 30.0 Å². The Kier molecular flexibility index (Phi) is 3.74. The smallest absolute Gasteiger partial charge is 0.255 e. The van der Waals surface area contributed by atoms with Gasteiger partial charge in [-0.3, -0.25) is 9.59 Å². The third-order valence-corrected chi connectivity index (χ3v) is 4.89. The first-order valence-corrected chi connectivity index (χ1v) is 8.37. The highest BCUT2D eigenvalue weighted by Gasteiger charge is 2.43. The van der Waals surface area contributed by atoms with Gasteiger partial charge in [-0.15, -0.1) is 0 Å². The zero-order valence-electron chi connectivity index (χ0n) is 13.8. The van der Waals surface area contributed by atoms with Gasteiger partial charge in [0, 0.05) is 35.9 Å². The monoisotopic (exact) mass is 351 g/mol. The van der Waals surface area contributed by atoms with Crippen molar-refractivity contribution in [3.05, 3.63) is 24.4 Å². The predicted molar refractivity (Wildman–Crippen MR) is 95.0 cm³/mol. The van der Waals surface area contributed by atoms with Crippen molar-refractivity contribution in [3.63, 3.8) is 0 Å². The number of nitrogens with two attached hydrogens (primary N) is 1. The van der Waals surface area contributed by atoms with Crippen LogP contribution < -0.4 is 16.0 Å². The number of nitrogens with zero attached hydrogens (tertiary/aromatic N) is 3. The fourth-order valence-electron chi connectivity index (χ4n) is 3.26. The number of hydrogen-bond donors (Lipinski definition) is 3. The number of benzene rings is 1. The Bertz CT molecular complexity index is 967. The molecule has 1 saturated heterocycles. The first kappa shape index (κ1) is 16.3. The maximum absolute atomic E-state index is 12.1. The molecular formula is C18H17N5O3. The van der Waals surface area contributed by atoms with Crippen LogP contribution in [-0.2, 0) is 9.59 Å². The minimum Gasteiger partial charge on any atom is -0.398 e. The van der Waals surface area contributed by atoms with Crippen molar-refractivity contribution in [1.82, 2.24) is 4.98 Å². The van der Waals surface area contributed by atoms with E-state index in [1.165, 1.54) is 4.90 Å². The van der Waals surface area contributed by atoms with Crippen LogP contribution in [0.25, 0.3) is 10.8 Å². The summed E-state index contributed by atoms with van der Waals surface area (Å²) in [6.45, 7) is 0.427. The third kappa shape index (κ3) is 2.72. The summed E-state index contributed by atoms with van der Waals surface area (Å²) in [6.07, 6.45) is 1.55. The molecule has 1 aromatic heterocycles. The number of nitrogen functional groups attached to an aromatic ring is 1. The van der Waals surface area contributed by atoms with Crippen LogP contribution in [0, 0.1) is 23.2 Å². The lowest BCUT2D eigenvalue weighted by Crippen LogP contribution is -2.29. The number of nitrogens with one attached hydrogen (secondary N) is 1. The number of anilines is 3. The van der Waals surface area contributed by atoms with E-state index in [0.29, 0.717) is 42.0 Å². The van der Waals surface area contributed by atoms with E-state index in [-0.39, 0.29) is 23.7 Å². The summed E-state index contributed by atoms with van der Waals surface area (Å²) < 4.78 is 0. The molecule has 2 heterocycles. The van der Waals surface area contributed by atoms with Crippen molar-refractivity contribution in [2.75, 3.05) is 22.5 Å². The number of rotatable bonds is 3. The molecule has 0 bridgehead atoms. The zero-order valence-corrected chi connectivity index (χ0v) is 13.8. The summed E-state index contributed by atoms with van der Waals surface area (Å²) in [5.74, 6) is -0.689. The molecule has 0 spiro atoms. The SMILES string of the molecule is N#CC1CC1C(=O)Nc1cc2cc(N3CC[C@H](O)C3=O)cc(N)c2cn1. The molecule has 1 aliphatic carbocycles. The minimum absolute atomic E-state index is 0.217. The molecule has 2 fully saturated rings. The summed E-state index contributed by atoms with van der Waals surface area (Å²) in [7, 11) is 0. The van der Waals surface area contributed by atoms with Gasteiger partial charge in [0.2, 0.25) is 5.91 Å². The molecule has 8 heteroatoms. The number of carbonyl (C=O) groups is 2. The number of aliphatic hydroxyl groups is 1. The van der Waals surface area contributed by atoms with E-state index in [1.807, 2.05) is 0 Å². The molecule has 8 nitrogen and oxygen atoms in total. The van der Waals surface area contributed by atoms with Crippen molar-refractivity contribution in [2.24, 2.45) is 11.8 Å². The van der Waals surface area contributed by atoms with E-state index in [1.54, 1.807) is 24.4 Å². The summed E-state index contributed by atoms with van der Waals surface area (Å²) in [4.78, 5) is 29.8. The molecule has 2 aromatic rings. The molecule has 1 aliphatic heterocycles. The second-order valence-electron chi connectivity index (χ2n) is 6.69. The number of hydrogen-bond acceptors (Lipinski definition) is 6. The quantitative estimate of drug-likeness (QED) is 0.707. The topological polar surface area (TPSA) is 132 Å². The minimum atomic E-state index is -0.981. The van der Waals surface area contributed by atoms with E-state index >= 15 is 0 Å². The lowest BCUT2D eigenvalue weighted by molar-refractivity contribution is -0.124. The zero-order chi connectivity index (χ0) is 18.4. The van der Waals surface area contributed by atoms with Gasteiger partial charge < -0.3 is 21.1 Å². The Morgan fingerprint density at radius 3 is 2.88 bits per heavy atom. The van der Waals surface area contributed by atoms with Gasteiger partial charge in [-0.25, -0.2) is 4.98 Å². The number of aliphatic hydroxyl groups excluding tert-OH is 1. The van der Waals surface area contributed by atoms with Crippen LogP contribution in [-0.4, -0.2) is 34.6 Å². The number of aromatic nitrogens is 1. The normalized spacial score (nSPS) is 24.5. The van der Waals surface area contributed by atoms with Crippen LogP contribution in [0.1, 0.15) is 12.8 Å². The van der Waals surface area contributed by atoms with Crippen molar-refractivity contribution >= 4 is 39.8 Å². The third-order valence-electron chi connectivity index (χ3n) is 4.89. The van der Waals surface area contributed by atoms with Gasteiger partial charge in [0.15, 0.2) is 0 Å². The molecule has 1 aromatic carbocycles. The molecule has 4 rings (SSSR count). The highest BCUT2D eigenvalue weighted by atomic mass is 16.3. The first-order chi connectivity index (χ1) is 12.5. The maximum Gasteiger partial charge on any atom is 0.255 e. The van der Waals surface area contributed by atoms with E-state index < -0.39 is 6.10 Å². The van der Waals surface area contributed by atoms with Crippen molar-refractivity contribution in [2.45, 2.75) is 18.9 Å². The Morgan fingerprint density at radius 1 is 1.42 bits per heavy atom. The van der Waals surface area contributed by atoms with Gasteiger partial charge in [0.1, 0.15) is 11.9 Å². The largest absolute Gasteiger partial charge is 0.398 e. The van der Waals surface area contributed by atoms with Gasteiger partial charge in [0.05, 0.1) is 17.9 Å². The first-order valence-electron chi connectivity index (χ1n) is 8.37. The molecule has 4 N–H and O–H groups in total. The molecule has 26 heavy (non-hydrogen) atoms. The molecule has 132 valence electrons. The van der Waals surface area contributed by atoms with Crippen LogP contribution in [0.15, 0.2) is 24.4 Å². The Hall–Kier alpha value is -3.18. The maximum atomic E-state index is 12.1.